The van der Waals surface area contributed by atoms with Gasteiger partial charge in [0.15, 0.2) is 0 Å². The van der Waals surface area contributed by atoms with Crippen LogP contribution in [0.25, 0.3) is 0 Å². The van der Waals surface area contributed by atoms with E-state index in [0.29, 0.717) is 13.2 Å². The highest BCUT2D eigenvalue weighted by atomic mass is 16.5. The number of amides is 1. The number of benzene rings is 1. The van der Waals surface area contributed by atoms with E-state index in [1.54, 1.807) is 7.05 Å². The number of ether oxygens (including phenoxy) is 2. The van der Waals surface area contributed by atoms with Gasteiger partial charge in [0, 0.05) is 31.1 Å². The molecule has 1 amide bonds. The Morgan fingerprint density at radius 1 is 1.52 bits per heavy atom. The smallest absolute Gasteiger partial charge is 0.236 e. The lowest BCUT2D eigenvalue weighted by Crippen LogP contribution is -2.40. The van der Waals surface area contributed by atoms with E-state index < -0.39 is 0 Å². The first-order valence-electron chi connectivity index (χ1n) is 7.45. The Bertz CT molecular complexity index is 516. The zero-order valence-electron chi connectivity index (χ0n) is 13.2. The number of rotatable bonds is 6. The van der Waals surface area contributed by atoms with Crippen LogP contribution in [0.1, 0.15) is 31.9 Å². The van der Waals surface area contributed by atoms with Gasteiger partial charge in [-0.25, -0.2) is 0 Å². The normalized spacial score (nSPS) is 17.8. The summed E-state index contributed by atoms with van der Waals surface area (Å²) in [5.74, 6) is 1.76. The molecule has 5 nitrogen and oxygen atoms in total. The lowest BCUT2D eigenvalue weighted by molar-refractivity contribution is -0.122. The molecule has 0 bridgehead atoms. The van der Waals surface area contributed by atoms with Gasteiger partial charge < -0.3 is 20.1 Å². The lowest BCUT2D eigenvalue weighted by atomic mass is 10.1. The highest BCUT2D eigenvalue weighted by molar-refractivity contribution is 5.80. The summed E-state index contributed by atoms with van der Waals surface area (Å²) in [6, 6.07) is 3.83. The molecule has 2 N–H and O–H groups in total. The lowest BCUT2D eigenvalue weighted by Gasteiger charge is -2.16. The Morgan fingerprint density at radius 3 is 2.95 bits per heavy atom. The summed E-state index contributed by atoms with van der Waals surface area (Å²) < 4.78 is 11.5. The minimum absolute atomic E-state index is 0.0287. The van der Waals surface area contributed by atoms with Crippen molar-refractivity contribution in [3.63, 3.8) is 0 Å². The van der Waals surface area contributed by atoms with Gasteiger partial charge in [0.25, 0.3) is 0 Å². The second-order valence-electron chi connectivity index (χ2n) is 5.35. The van der Waals surface area contributed by atoms with Crippen molar-refractivity contribution < 1.29 is 14.3 Å². The van der Waals surface area contributed by atoms with Crippen LogP contribution in [0.4, 0.5) is 0 Å². The minimum Gasteiger partial charge on any atom is -0.494 e. The van der Waals surface area contributed by atoms with Gasteiger partial charge in [-0.15, -0.1) is 0 Å². The number of hydrogen-bond acceptors (Lipinski definition) is 4. The van der Waals surface area contributed by atoms with Crippen LogP contribution in [-0.2, 0) is 17.8 Å². The molecular weight excluding hydrogens is 268 g/mol. The van der Waals surface area contributed by atoms with E-state index in [1.807, 2.05) is 19.9 Å². The highest BCUT2D eigenvalue weighted by Gasteiger charge is 2.22. The Hall–Kier alpha value is -1.75. The SMILES string of the molecule is CCOc1cc2c(cc1CNC(C)C(=O)NC)OC(C)C2. The third-order valence-corrected chi connectivity index (χ3v) is 3.62. The van der Waals surface area contributed by atoms with Crippen molar-refractivity contribution in [2.45, 2.75) is 45.9 Å². The molecule has 0 aromatic heterocycles. The molecule has 0 fully saturated rings. The van der Waals surface area contributed by atoms with Crippen molar-refractivity contribution in [3.05, 3.63) is 23.3 Å². The fourth-order valence-electron chi connectivity index (χ4n) is 2.48. The Morgan fingerprint density at radius 2 is 2.29 bits per heavy atom. The maximum atomic E-state index is 11.5. The van der Waals surface area contributed by atoms with Crippen LogP contribution in [0.5, 0.6) is 11.5 Å². The van der Waals surface area contributed by atoms with E-state index in [2.05, 4.69) is 23.6 Å². The summed E-state index contributed by atoms with van der Waals surface area (Å²) in [5.41, 5.74) is 2.20. The molecule has 1 aromatic rings. The summed E-state index contributed by atoms with van der Waals surface area (Å²) >= 11 is 0. The average molecular weight is 292 g/mol. The van der Waals surface area contributed by atoms with Crippen molar-refractivity contribution >= 4 is 5.91 Å². The molecule has 1 heterocycles. The second-order valence-corrected chi connectivity index (χ2v) is 5.35. The molecule has 1 aliphatic rings. The molecule has 2 unspecified atom stereocenters. The van der Waals surface area contributed by atoms with Gasteiger partial charge in [0.2, 0.25) is 5.91 Å². The van der Waals surface area contributed by atoms with Crippen molar-refractivity contribution in [2.75, 3.05) is 13.7 Å². The minimum atomic E-state index is -0.252. The van der Waals surface area contributed by atoms with Crippen molar-refractivity contribution in [1.82, 2.24) is 10.6 Å². The highest BCUT2D eigenvalue weighted by Crippen LogP contribution is 2.35. The third kappa shape index (κ3) is 3.67. The molecule has 2 atom stereocenters. The first-order chi connectivity index (χ1) is 10.0. The summed E-state index contributed by atoms with van der Waals surface area (Å²) in [7, 11) is 1.64. The zero-order chi connectivity index (χ0) is 15.4. The number of carbonyl (C=O) groups is 1. The number of nitrogens with one attached hydrogen (secondary N) is 2. The van der Waals surface area contributed by atoms with Gasteiger partial charge in [-0.1, -0.05) is 0 Å². The first-order valence-corrected chi connectivity index (χ1v) is 7.45. The molecule has 0 saturated carbocycles. The maximum Gasteiger partial charge on any atom is 0.236 e. The van der Waals surface area contributed by atoms with E-state index >= 15 is 0 Å². The van der Waals surface area contributed by atoms with Crippen LogP contribution in [-0.4, -0.2) is 31.7 Å². The fourth-order valence-corrected chi connectivity index (χ4v) is 2.48. The molecule has 0 radical (unpaired) electrons. The Labute approximate surface area is 126 Å². The summed E-state index contributed by atoms with van der Waals surface area (Å²) in [6.45, 7) is 7.05. The first kappa shape index (κ1) is 15.6. The predicted octanol–water partition coefficient (Wildman–Crippen LogP) is 1.63. The van der Waals surface area contributed by atoms with Crippen molar-refractivity contribution in [3.8, 4) is 11.5 Å². The van der Waals surface area contributed by atoms with Crippen molar-refractivity contribution in [2.24, 2.45) is 0 Å². The number of carbonyl (C=O) groups excluding carboxylic acids is 1. The molecule has 21 heavy (non-hydrogen) atoms. The largest absolute Gasteiger partial charge is 0.494 e. The van der Waals surface area contributed by atoms with Crippen LogP contribution in [0.15, 0.2) is 12.1 Å². The molecule has 0 spiro atoms. The average Bonchev–Trinajstić information content (AvgIpc) is 2.82. The number of fused-ring (bicyclic) bond motifs is 1. The van der Waals surface area contributed by atoms with E-state index in [0.717, 1.165) is 23.5 Å². The number of hydrogen-bond donors (Lipinski definition) is 2. The second kappa shape index (κ2) is 6.80. The van der Waals surface area contributed by atoms with Crippen LogP contribution in [0, 0.1) is 0 Å². The van der Waals surface area contributed by atoms with Crippen LogP contribution >= 0.6 is 0 Å². The molecule has 2 rings (SSSR count). The maximum absolute atomic E-state index is 11.5. The molecule has 0 saturated heterocycles. The van der Waals surface area contributed by atoms with E-state index in [-0.39, 0.29) is 18.1 Å². The van der Waals surface area contributed by atoms with Gasteiger partial charge in [-0.05, 0) is 32.9 Å². The molecule has 5 heteroatoms. The van der Waals surface area contributed by atoms with Crippen LogP contribution in [0.3, 0.4) is 0 Å². The molecule has 1 aliphatic heterocycles. The third-order valence-electron chi connectivity index (χ3n) is 3.62. The van der Waals surface area contributed by atoms with Gasteiger partial charge in [-0.2, -0.15) is 0 Å². The molecular formula is C16H24N2O3. The van der Waals surface area contributed by atoms with E-state index in [9.17, 15) is 4.79 Å². The molecule has 116 valence electrons. The van der Waals surface area contributed by atoms with Gasteiger partial charge >= 0.3 is 0 Å². The summed E-state index contributed by atoms with van der Waals surface area (Å²) in [5, 5.41) is 5.83. The summed E-state index contributed by atoms with van der Waals surface area (Å²) in [4.78, 5) is 11.5. The fraction of sp³-hybridized carbons (Fsp3) is 0.562. The Balaban J connectivity index is 2.14. The number of likely N-dealkylation sites (N-methyl/N-ethyl adjacent to an activating group) is 1. The van der Waals surface area contributed by atoms with Gasteiger partial charge in [0.1, 0.15) is 17.6 Å². The van der Waals surface area contributed by atoms with E-state index in [4.69, 9.17) is 9.47 Å². The topological polar surface area (TPSA) is 59.6 Å². The van der Waals surface area contributed by atoms with E-state index in [1.165, 1.54) is 5.56 Å². The van der Waals surface area contributed by atoms with Crippen LogP contribution < -0.4 is 20.1 Å². The van der Waals surface area contributed by atoms with Gasteiger partial charge in [-0.3, -0.25) is 4.79 Å². The Kier molecular flexibility index (Phi) is 5.07. The molecule has 1 aromatic carbocycles. The predicted molar refractivity (Wildman–Crippen MR) is 81.8 cm³/mol. The van der Waals surface area contributed by atoms with Crippen LogP contribution in [0.2, 0.25) is 0 Å². The quantitative estimate of drug-likeness (QED) is 0.837. The zero-order valence-corrected chi connectivity index (χ0v) is 13.2. The standard InChI is InChI=1S/C16H24N2O3/c1-5-20-14-7-12-6-10(2)21-15(12)8-13(14)9-18-11(3)16(19)17-4/h7-8,10-11,18H,5-6,9H2,1-4H3,(H,17,19). The summed E-state index contributed by atoms with van der Waals surface area (Å²) in [6.07, 6.45) is 1.13. The van der Waals surface area contributed by atoms with Crippen molar-refractivity contribution in [1.29, 1.82) is 0 Å². The monoisotopic (exact) mass is 292 g/mol. The molecule has 0 aliphatic carbocycles. The van der Waals surface area contributed by atoms with Gasteiger partial charge in [0.05, 0.1) is 12.6 Å².